The van der Waals surface area contributed by atoms with Crippen LogP contribution in [0.15, 0.2) is 42.5 Å². The van der Waals surface area contributed by atoms with Crippen molar-refractivity contribution >= 4 is 0 Å². The summed E-state index contributed by atoms with van der Waals surface area (Å²) in [5, 5.41) is 0. The lowest BCUT2D eigenvalue weighted by Gasteiger charge is -2.19. The van der Waals surface area contributed by atoms with Crippen LogP contribution in [0, 0.1) is 13.8 Å². The van der Waals surface area contributed by atoms with Gasteiger partial charge in [0.15, 0.2) is 0 Å². The van der Waals surface area contributed by atoms with Crippen LogP contribution in [-0.4, -0.2) is 0 Å². The standard InChI is InChI=1S/C18H22/c1-13-7-6-8-17(14(13)2)15-9-11-16(12-10-15)18(3,4)5/h6-12H,1-5H3/i1D3. The van der Waals surface area contributed by atoms with Crippen molar-refractivity contribution in [1.82, 2.24) is 0 Å². The van der Waals surface area contributed by atoms with Gasteiger partial charge < -0.3 is 0 Å². The fourth-order valence-electron chi connectivity index (χ4n) is 2.10. The van der Waals surface area contributed by atoms with Crippen LogP contribution in [-0.2, 0) is 5.41 Å². The number of hydrogen-bond acceptors (Lipinski definition) is 0. The Morgan fingerprint density at radius 2 is 1.61 bits per heavy atom. The van der Waals surface area contributed by atoms with Gasteiger partial charge in [0, 0.05) is 4.11 Å². The van der Waals surface area contributed by atoms with Gasteiger partial charge in [0.1, 0.15) is 0 Å². The molecular formula is C18H22. The minimum absolute atomic E-state index is 0.119. The van der Waals surface area contributed by atoms with Crippen molar-refractivity contribution in [2.45, 2.75) is 40.0 Å². The molecule has 0 atom stereocenters. The fraction of sp³-hybridized carbons (Fsp3) is 0.333. The van der Waals surface area contributed by atoms with Crippen molar-refractivity contribution in [1.29, 1.82) is 0 Å². The highest BCUT2D eigenvalue weighted by Crippen LogP contribution is 2.28. The maximum atomic E-state index is 7.62. The Morgan fingerprint density at radius 1 is 0.944 bits per heavy atom. The normalized spacial score (nSPS) is 14.8. The van der Waals surface area contributed by atoms with Crippen LogP contribution in [0.1, 0.15) is 41.6 Å². The predicted molar refractivity (Wildman–Crippen MR) is 80.1 cm³/mol. The van der Waals surface area contributed by atoms with Crippen molar-refractivity contribution < 1.29 is 4.11 Å². The van der Waals surface area contributed by atoms with Gasteiger partial charge in [0.2, 0.25) is 0 Å². The van der Waals surface area contributed by atoms with E-state index in [2.05, 4.69) is 45.0 Å². The molecular weight excluding hydrogens is 216 g/mol. The summed E-state index contributed by atoms with van der Waals surface area (Å²) in [4.78, 5) is 0. The molecule has 0 saturated heterocycles. The Labute approximate surface area is 115 Å². The molecule has 2 rings (SSSR count). The first kappa shape index (κ1) is 9.38. The third kappa shape index (κ3) is 2.48. The maximum Gasteiger partial charge on any atom is 0.0280 e. The fourth-order valence-corrected chi connectivity index (χ4v) is 2.10. The third-order valence-corrected chi connectivity index (χ3v) is 3.40. The molecule has 0 heterocycles. The van der Waals surface area contributed by atoms with Gasteiger partial charge in [-0.25, -0.2) is 0 Å². The summed E-state index contributed by atoms with van der Waals surface area (Å²) in [5.41, 5.74) is 4.71. The summed E-state index contributed by atoms with van der Waals surface area (Å²) in [7, 11) is 0. The molecule has 0 aliphatic carbocycles. The molecule has 2 aromatic carbocycles. The van der Waals surface area contributed by atoms with Crippen LogP contribution in [0.3, 0.4) is 0 Å². The number of aryl methyl sites for hydroxylation is 1. The predicted octanol–water partition coefficient (Wildman–Crippen LogP) is 5.27. The lowest BCUT2D eigenvalue weighted by atomic mass is 9.86. The van der Waals surface area contributed by atoms with E-state index in [4.69, 9.17) is 4.11 Å². The molecule has 0 aromatic heterocycles. The van der Waals surface area contributed by atoms with Gasteiger partial charge in [-0.1, -0.05) is 63.2 Å². The summed E-state index contributed by atoms with van der Waals surface area (Å²) < 4.78 is 22.9. The molecule has 0 bridgehead atoms. The molecule has 0 amide bonds. The maximum absolute atomic E-state index is 7.62. The van der Waals surface area contributed by atoms with Crippen LogP contribution >= 0.6 is 0 Å². The van der Waals surface area contributed by atoms with E-state index >= 15 is 0 Å². The van der Waals surface area contributed by atoms with E-state index in [1.54, 1.807) is 6.07 Å². The molecule has 0 heteroatoms. The highest BCUT2D eigenvalue weighted by molar-refractivity contribution is 5.68. The number of benzene rings is 2. The summed E-state index contributed by atoms with van der Waals surface area (Å²) in [5.74, 6) is 0. The average molecular weight is 241 g/mol. The molecule has 0 aliphatic heterocycles. The number of hydrogen-bond donors (Lipinski definition) is 0. The highest BCUT2D eigenvalue weighted by atomic mass is 14.2. The molecule has 18 heavy (non-hydrogen) atoms. The minimum atomic E-state index is -2.06. The first-order valence-corrected chi connectivity index (χ1v) is 6.32. The molecule has 0 N–H and O–H groups in total. The van der Waals surface area contributed by atoms with Crippen LogP contribution in [0.2, 0.25) is 0 Å². The van der Waals surface area contributed by atoms with Crippen LogP contribution < -0.4 is 0 Å². The second-order valence-electron chi connectivity index (χ2n) is 5.81. The first-order chi connectivity index (χ1) is 9.60. The SMILES string of the molecule is [2H]C([2H])([2H])c1cccc(-c2ccc(C(C)(C)C)cc2)c1C. The van der Waals surface area contributed by atoms with Crippen molar-refractivity contribution in [3.8, 4) is 11.1 Å². The monoisotopic (exact) mass is 241 g/mol. The summed E-state index contributed by atoms with van der Waals surface area (Å²) in [6, 6.07) is 13.9. The lowest BCUT2D eigenvalue weighted by Crippen LogP contribution is -2.10. The molecule has 0 spiro atoms. The molecule has 2 aromatic rings. The van der Waals surface area contributed by atoms with Gasteiger partial charge in [-0.3, -0.25) is 0 Å². The molecule has 0 fully saturated rings. The molecule has 0 unspecified atom stereocenters. The van der Waals surface area contributed by atoms with E-state index in [0.29, 0.717) is 5.56 Å². The van der Waals surface area contributed by atoms with Crippen molar-refractivity contribution in [3.05, 3.63) is 59.2 Å². The van der Waals surface area contributed by atoms with E-state index in [1.165, 1.54) is 5.56 Å². The Hall–Kier alpha value is -1.56. The Kier molecular flexibility index (Phi) is 2.40. The minimum Gasteiger partial charge on any atom is -0.0614 e. The quantitative estimate of drug-likeness (QED) is 0.638. The molecule has 0 radical (unpaired) electrons. The van der Waals surface area contributed by atoms with E-state index in [1.807, 2.05) is 19.1 Å². The smallest absolute Gasteiger partial charge is 0.0280 e. The number of rotatable bonds is 1. The van der Waals surface area contributed by atoms with E-state index in [0.717, 1.165) is 16.7 Å². The van der Waals surface area contributed by atoms with E-state index in [9.17, 15) is 0 Å². The summed E-state index contributed by atoms with van der Waals surface area (Å²) in [6.45, 7) is 6.37. The second-order valence-corrected chi connectivity index (χ2v) is 5.81. The van der Waals surface area contributed by atoms with Crippen LogP contribution in [0.25, 0.3) is 11.1 Å². The largest absolute Gasteiger partial charge is 0.0614 e. The first-order valence-electron chi connectivity index (χ1n) is 7.82. The van der Waals surface area contributed by atoms with Crippen molar-refractivity contribution in [3.63, 3.8) is 0 Å². The third-order valence-electron chi connectivity index (χ3n) is 3.40. The Balaban J connectivity index is 2.48. The molecule has 0 aliphatic rings. The Bertz CT molecular complexity index is 629. The second kappa shape index (κ2) is 4.61. The topological polar surface area (TPSA) is 0 Å². The van der Waals surface area contributed by atoms with Gasteiger partial charge in [-0.2, -0.15) is 0 Å². The van der Waals surface area contributed by atoms with E-state index < -0.39 is 6.85 Å². The zero-order chi connectivity index (χ0) is 15.8. The van der Waals surface area contributed by atoms with Crippen LogP contribution in [0.5, 0.6) is 0 Å². The van der Waals surface area contributed by atoms with Crippen molar-refractivity contribution in [2.75, 3.05) is 0 Å². The van der Waals surface area contributed by atoms with Gasteiger partial charge >= 0.3 is 0 Å². The van der Waals surface area contributed by atoms with Crippen molar-refractivity contribution in [2.24, 2.45) is 0 Å². The van der Waals surface area contributed by atoms with Crippen LogP contribution in [0.4, 0.5) is 0 Å². The zero-order valence-corrected chi connectivity index (χ0v) is 11.5. The summed E-state index contributed by atoms with van der Waals surface area (Å²) >= 11 is 0. The van der Waals surface area contributed by atoms with Gasteiger partial charge in [0.05, 0.1) is 0 Å². The average Bonchev–Trinajstić information content (AvgIpc) is 2.37. The highest BCUT2D eigenvalue weighted by Gasteiger charge is 2.13. The molecule has 0 saturated carbocycles. The van der Waals surface area contributed by atoms with Gasteiger partial charge in [0.25, 0.3) is 0 Å². The van der Waals surface area contributed by atoms with Gasteiger partial charge in [-0.15, -0.1) is 0 Å². The molecule has 94 valence electrons. The van der Waals surface area contributed by atoms with E-state index in [-0.39, 0.29) is 5.41 Å². The lowest BCUT2D eigenvalue weighted by molar-refractivity contribution is 0.590. The molecule has 0 nitrogen and oxygen atoms in total. The zero-order valence-electron chi connectivity index (χ0n) is 14.5. The summed E-state index contributed by atoms with van der Waals surface area (Å²) in [6.07, 6.45) is 0. The van der Waals surface area contributed by atoms with Gasteiger partial charge in [-0.05, 0) is 47.0 Å². The Morgan fingerprint density at radius 3 is 2.17 bits per heavy atom.